The van der Waals surface area contributed by atoms with Crippen LogP contribution in [-0.4, -0.2) is 108 Å². The van der Waals surface area contributed by atoms with Gasteiger partial charge in [-0.1, -0.05) is 127 Å². The van der Waals surface area contributed by atoms with E-state index in [1.807, 2.05) is 97.1 Å². The number of alkyl carbamates (subject to hydrolysis) is 1. The number of piperidine rings is 1. The molecular formula is C54H61N5O8. The maximum atomic E-state index is 15.1. The second-order valence-electron chi connectivity index (χ2n) is 17.6. The van der Waals surface area contributed by atoms with Crippen LogP contribution in [0.15, 0.2) is 133 Å². The van der Waals surface area contributed by atoms with Gasteiger partial charge in [-0.05, 0) is 78.0 Å². The minimum atomic E-state index is -1.50. The van der Waals surface area contributed by atoms with Gasteiger partial charge in [0.05, 0.1) is 6.42 Å². The van der Waals surface area contributed by atoms with E-state index in [1.165, 1.54) is 29.5 Å². The first-order valence-corrected chi connectivity index (χ1v) is 23.3. The minimum absolute atomic E-state index is 0.00571. The van der Waals surface area contributed by atoms with Crippen LogP contribution >= 0.6 is 0 Å². The van der Waals surface area contributed by atoms with E-state index in [9.17, 15) is 24.0 Å². The number of carbonyl (C=O) groups is 6. The van der Waals surface area contributed by atoms with Gasteiger partial charge < -0.3 is 34.8 Å². The van der Waals surface area contributed by atoms with E-state index in [4.69, 9.17) is 9.47 Å². The number of hydrogen-bond donors (Lipinski definition) is 2. The molecule has 0 radical (unpaired) electrons. The second-order valence-corrected chi connectivity index (χ2v) is 17.6. The molecule has 2 unspecified atom stereocenters. The maximum absolute atomic E-state index is 15.1. The largest absolute Gasteiger partial charge is 0.461 e. The number of rotatable bonds is 18. The van der Waals surface area contributed by atoms with Gasteiger partial charge in [-0.25, -0.2) is 4.79 Å². The summed E-state index contributed by atoms with van der Waals surface area (Å²) in [6.45, 7) is 2.83. The summed E-state index contributed by atoms with van der Waals surface area (Å²) in [6, 6.07) is 30.9. The van der Waals surface area contributed by atoms with Crippen LogP contribution in [-0.2, 0) is 52.9 Å². The standard InChI is InChI=1S/C54H61N5O8/c1-37(51(62)59-30-18-7-19-31-59)55-50(61)47(32-38-20-8-4-9-21-38)57(2)53(64)48(33-39-22-10-5-11-23-39)58(3)52(63)46(34-49(60)66-35-40-24-12-6-13-25-40)56-54(65)67-36-45-43-28-16-14-26-41(43)42-27-15-17-29-44(42)45/h4-6,8-14,16-17,20-26,28-29,37,45-48H,7,15,18-19,27,30-36H2,1-3H3,(H,55,61)(H,56,65)/t37-,45?,46?,47-,48-/m0/s1. The Morgan fingerprint density at radius 1 is 0.687 bits per heavy atom. The molecular weight excluding hydrogens is 847 g/mol. The Morgan fingerprint density at radius 2 is 1.27 bits per heavy atom. The Hall–Kier alpha value is -7.02. The number of amides is 5. The number of carbonyl (C=O) groups excluding carboxylic acids is 6. The third kappa shape index (κ3) is 12.3. The number of esters is 1. The molecule has 13 heteroatoms. The lowest BCUT2D eigenvalue weighted by molar-refractivity contribution is -0.151. The Balaban J connectivity index is 1.13. The number of likely N-dealkylation sites (tertiary alicyclic amines) is 1. The number of likely N-dealkylation sites (N-methyl/N-ethyl adjacent to an activating group) is 2. The minimum Gasteiger partial charge on any atom is -0.461 e. The maximum Gasteiger partial charge on any atom is 0.407 e. The van der Waals surface area contributed by atoms with Gasteiger partial charge in [0.1, 0.15) is 37.4 Å². The third-order valence-electron chi connectivity index (χ3n) is 13.0. The van der Waals surface area contributed by atoms with E-state index in [0.717, 1.165) is 65.5 Å². The van der Waals surface area contributed by atoms with Crippen molar-refractivity contribution in [2.24, 2.45) is 0 Å². The molecule has 5 amide bonds. The molecule has 7 rings (SSSR count). The zero-order valence-electron chi connectivity index (χ0n) is 38.6. The molecule has 4 aromatic rings. The number of ether oxygens (including phenoxy) is 2. The molecule has 3 aliphatic rings. The lowest BCUT2D eigenvalue weighted by atomic mass is 9.93. The molecule has 0 saturated carbocycles. The first kappa shape index (κ1) is 47.9. The predicted octanol–water partition coefficient (Wildman–Crippen LogP) is 6.77. The van der Waals surface area contributed by atoms with Crippen molar-refractivity contribution in [2.45, 2.75) is 95.0 Å². The van der Waals surface area contributed by atoms with Crippen molar-refractivity contribution in [3.8, 4) is 0 Å². The van der Waals surface area contributed by atoms with Crippen molar-refractivity contribution in [1.29, 1.82) is 0 Å². The molecule has 2 aliphatic carbocycles. The van der Waals surface area contributed by atoms with Crippen molar-refractivity contribution in [3.05, 3.63) is 161 Å². The van der Waals surface area contributed by atoms with Crippen molar-refractivity contribution in [2.75, 3.05) is 33.8 Å². The molecule has 0 spiro atoms. The van der Waals surface area contributed by atoms with Crippen molar-refractivity contribution >= 4 is 41.3 Å². The molecule has 0 bridgehead atoms. The average Bonchev–Trinajstić information content (AvgIpc) is 3.69. The number of nitrogens with one attached hydrogen (secondary N) is 2. The van der Waals surface area contributed by atoms with Gasteiger partial charge >= 0.3 is 12.1 Å². The Labute approximate surface area is 393 Å². The fraction of sp³-hybridized carbons (Fsp3) is 0.370. The van der Waals surface area contributed by atoms with Gasteiger partial charge in [0.25, 0.3) is 0 Å². The van der Waals surface area contributed by atoms with Crippen LogP contribution in [0.3, 0.4) is 0 Å². The zero-order valence-corrected chi connectivity index (χ0v) is 38.6. The van der Waals surface area contributed by atoms with E-state index < -0.39 is 60.4 Å². The van der Waals surface area contributed by atoms with E-state index >= 15 is 4.79 Å². The fourth-order valence-electron chi connectivity index (χ4n) is 9.25. The molecule has 0 aromatic heterocycles. The summed E-state index contributed by atoms with van der Waals surface area (Å²) >= 11 is 0. The van der Waals surface area contributed by atoms with E-state index in [2.05, 4.69) is 28.9 Å². The number of benzene rings is 4. The molecule has 350 valence electrons. The molecule has 1 heterocycles. The number of hydrogen-bond acceptors (Lipinski definition) is 8. The molecule has 5 atom stereocenters. The summed E-state index contributed by atoms with van der Waals surface area (Å²) in [5.41, 5.74) is 6.75. The topological polar surface area (TPSA) is 155 Å². The third-order valence-corrected chi connectivity index (χ3v) is 13.0. The van der Waals surface area contributed by atoms with Gasteiger partial charge in [0, 0.05) is 45.9 Å². The Bertz CT molecular complexity index is 2440. The summed E-state index contributed by atoms with van der Waals surface area (Å²) in [6.07, 6.45) is 7.53. The lowest BCUT2D eigenvalue weighted by Gasteiger charge is -2.36. The van der Waals surface area contributed by atoms with Gasteiger partial charge in [-0.3, -0.25) is 24.0 Å². The highest BCUT2D eigenvalue weighted by Gasteiger charge is 2.39. The summed E-state index contributed by atoms with van der Waals surface area (Å²) in [5.74, 6) is -2.98. The summed E-state index contributed by atoms with van der Waals surface area (Å²) < 4.78 is 11.4. The fourth-order valence-corrected chi connectivity index (χ4v) is 9.25. The van der Waals surface area contributed by atoms with Crippen LogP contribution in [0.4, 0.5) is 4.79 Å². The van der Waals surface area contributed by atoms with Gasteiger partial charge in [0.15, 0.2) is 0 Å². The molecule has 1 fully saturated rings. The van der Waals surface area contributed by atoms with Crippen LogP contribution in [0.25, 0.3) is 5.57 Å². The zero-order chi connectivity index (χ0) is 47.3. The molecule has 2 N–H and O–H groups in total. The summed E-state index contributed by atoms with van der Waals surface area (Å²) in [7, 11) is 2.96. The highest BCUT2D eigenvalue weighted by molar-refractivity contribution is 5.96. The quantitative estimate of drug-likeness (QED) is 0.104. The SMILES string of the molecule is C[C@H](NC(=O)[C@H](Cc1ccccc1)N(C)C(=O)[C@H](Cc1ccccc1)N(C)C(=O)C(CC(=O)OCc1ccccc1)NC(=O)OCC1C2=C(CCC=C2)c2ccccc21)C(=O)N1CCCCC1. The van der Waals surface area contributed by atoms with E-state index in [1.54, 1.807) is 24.0 Å². The van der Waals surface area contributed by atoms with Gasteiger partial charge in [-0.15, -0.1) is 0 Å². The summed E-state index contributed by atoms with van der Waals surface area (Å²) in [5, 5.41) is 5.54. The smallest absolute Gasteiger partial charge is 0.407 e. The van der Waals surface area contributed by atoms with Crippen LogP contribution in [0, 0.1) is 0 Å². The summed E-state index contributed by atoms with van der Waals surface area (Å²) in [4.78, 5) is 89.3. The van der Waals surface area contributed by atoms with Crippen LogP contribution in [0.1, 0.15) is 79.2 Å². The average molecular weight is 908 g/mol. The Morgan fingerprint density at radius 3 is 1.93 bits per heavy atom. The molecule has 4 aromatic carbocycles. The highest BCUT2D eigenvalue weighted by Crippen LogP contribution is 2.46. The van der Waals surface area contributed by atoms with Gasteiger partial charge in [-0.2, -0.15) is 0 Å². The Kier molecular flexibility index (Phi) is 16.4. The first-order chi connectivity index (χ1) is 32.5. The van der Waals surface area contributed by atoms with E-state index in [-0.39, 0.29) is 37.9 Å². The van der Waals surface area contributed by atoms with Crippen LogP contribution in [0.5, 0.6) is 0 Å². The molecule has 1 aliphatic heterocycles. The molecule has 13 nitrogen and oxygen atoms in total. The molecule has 67 heavy (non-hydrogen) atoms. The number of fused-ring (bicyclic) bond motifs is 2. The first-order valence-electron chi connectivity index (χ1n) is 23.3. The highest BCUT2D eigenvalue weighted by atomic mass is 16.5. The predicted molar refractivity (Wildman–Crippen MR) is 255 cm³/mol. The van der Waals surface area contributed by atoms with Crippen LogP contribution < -0.4 is 10.6 Å². The van der Waals surface area contributed by atoms with E-state index in [0.29, 0.717) is 13.1 Å². The van der Waals surface area contributed by atoms with Crippen molar-refractivity contribution in [3.63, 3.8) is 0 Å². The number of nitrogens with zero attached hydrogens (tertiary/aromatic N) is 3. The van der Waals surface area contributed by atoms with Gasteiger partial charge in [0.2, 0.25) is 23.6 Å². The van der Waals surface area contributed by atoms with Crippen LogP contribution in [0.2, 0.25) is 0 Å². The van der Waals surface area contributed by atoms with Crippen molar-refractivity contribution < 1.29 is 38.2 Å². The second kappa shape index (κ2) is 22.9. The van der Waals surface area contributed by atoms with Crippen molar-refractivity contribution in [1.82, 2.24) is 25.3 Å². The molecule has 1 saturated heterocycles. The monoisotopic (exact) mass is 907 g/mol. The normalized spacial score (nSPS) is 16.9. The number of allylic oxidation sites excluding steroid dienone is 3. The lowest BCUT2D eigenvalue weighted by Crippen LogP contribution is -2.60.